The number of pyridine rings is 1. The molecule has 2 heterocycles. The molecular weight excluding hydrogens is 679 g/mol. The molecule has 0 unspecified atom stereocenters. The van der Waals surface area contributed by atoms with E-state index in [2.05, 4.69) is 206 Å². The topological polar surface area (TPSA) is 30.7 Å². The molecule has 0 fully saturated rings. The van der Waals surface area contributed by atoms with Crippen molar-refractivity contribution in [1.29, 1.82) is 0 Å². The standard InChI is InChI=1S/C53H37N3/c1-2-56-48-30-14-13-29-47(48)55-52(56)38-20-16-18-36(34-38)35-17-15-19-37(33-35)51-43-31-32-45-50(49(43)42-26-10-12-28-46(42)54-51)41-25-9-11-27-44(41)53(45,39-21-5-3-6-22-39)40-23-7-4-8-24-40/h3-34H,2H2,1H3. The molecule has 0 saturated heterocycles. The number of nitrogens with zero attached hydrogens (tertiary/aromatic N) is 3. The minimum atomic E-state index is -0.476. The normalized spacial score (nSPS) is 12.9. The molecule has 0 spiro atoms. The van der Waals surface area contributed by atoms with Gasteiger partial charge in [0.05, 0.1) is 27.7 Å². The molecule has 264 valence electrons. The predicted octanol–water partition coefficient (Wildman–Crippen LogP) is 13.1. The van der Waals surface area contributed by atoms with E-state index in [1.807, 2.05) is 0 Å². The second kappa shape index (κ2) is 12.8. The van der Waals surface area contributed by atoms with Crippen molar-refractivity contribution in [2.24, 2.45) is 0 Å². The van der Waals surface area contributed by atoms with Gasteiger partial charge in [0.2, 0.25) is 0 Å². The SMILES string of the molecule is CCn1c(-c2cccc(-c3cccc(-c4nc5ccccc5c5c6c(ccc45)C(c4ccccc4)(c4ccccc4)c4ccccc4-6)c3)c2)nc2ccccc21. The lowest BCUT2D eigenvalue weighted by atomic mass is 9.67. The first-order valence-electron chi connectivity index (χ1n) is 19.5. The van der Waals surface area contributed by atoms with Crippen LogP contribution in [0.3, 0.4) is 0 Å². The van der Waals surface area contributed by atoms with Crippen molar-refractivity contribution in [3.8, 4) is 44.9 Å². The van der Waals surface area contributed by atoms with Gasteiger partial charge in [-0.1, -0.05) is 164 Å². The fraction of sp³-hybridized carbons (Fsp3) is 0.0566. The number of para-hydroxylation sites is 3. The van der Waals surface area contributed by atoms with Crippen molar-refractivity contribution < 1.29 is 0 Å². The Kier molecular flexibility index (Phi) is 7.36. The number of aromatic nitrogens is 3. The van der Waals surface area contributed by atoms with Crippen molar-refractivity contribution in [3.63, 3.8) is 0 Å². The van der Waals surface area contributed by atoms with Gasteiger partial charge in [0.15, 0.2) is 0 Å². The largest absolute Gasteiger partial charge is 0.324 e. The molecule has 11 rings (SSSR count). The van der Waals surface area contributed by atoms with E-state index < -0.39 is 5.41 Å². The molecule has 0 radical (unpaired) electrons. The van der Waals surface area contributed by atoms with Crippen LogP contribution >= 0.6 is 0 Å². The molecule has 0 bridgehead atoms. The fourth-order valence-electron chi connectivity index (χ4n) is 9.49. The molecule has 1 aliphatic carbocycles. The van der Waals surface area contributed by atoms with Crippen LogP contribution in [0.4, 0.5) is 0 Å². The summed E-state index contributed by atoms with van der Waals surface area (Å²) < 4.78 is 2.30. The van der Waals surface area contributed by atoms with Gasteiger partial charge < -0.3 is 4.57 Å². The summed E-state index contributed by atoms with van der Waals surface area (Å²) in [5, 5.41) is 3.56. The lowest BCUT2D eigenvalue weighted by Crippen LogP contribution is -2.28. The Morgan fingerprint density at radius 1 is 0.464 bits per heavy atom. The van der Waals surface area contributed by atoms with Crippen molar-refractivity contribution in [2.45, 2.75) is 18.9 Å². The summed E-state index contributed by atoms with van der Waals surface area (Å²) in [5.74, 6) is 0.991. The molecule has 2 aromatic heterocycles. The van der Waals surface area contributed by atoms with Gasteiger partial charge in [0, 0.05) is 33.8 Å². The maximum Gasteiger partial charge on any atom is 0.141 e. The van der Waals surface area contributed by atoms with Crippen LogP contribution in [0.5, 0.6) is 0 Å². The Morgan fingerprint density at radius 2 is 1.07 bits per heavy atom. The van der Waals surface area contributed by atoms with E-state index in [-0.39, 0.29) is 0 Å². The second-order valence-corrected chi connectivity index (χ2v) is 14.7. The van der Waals surface area contributed by atoms with E-state index in [4.69, 9.17) is 9.97 Å². The van der Waals surface area contributed by atoms with Crippen LogP contribution in [-0.4, -0.2) is 14.5 Å². The van der Waals surface area contributed by atoms with Gasteiger partial charge in [0.1, 0.15) is 5.82 Å². The maximum absolute atomic E-state index is 5.44. The molecule has 1 aliphatic rings. The van der Waals surface area contributed by atoms with E-state index in [9.17, 15) is 0 Å². The monoisotopic (exact) mass is 715 g/mol. The number of benzene rings is 8. The maximum atomic E-state index is 5.44. The highest BCUT2D eigenvalue weighted by atomic mass is 15.1. The van der Waals surface area contributed by atoms with Crippen molar-refractivity contribution in [2.75, 3.05) is 0 Å². The summed E-state index contributed by atoms with van der Waals surface area (Å²) in [5.41, 5.74) is 15.9. The van der Waals surface area contributed by atoms with E-state index in [1.165, 1.54) is 38.8 Å². The number of aryl methyl sites for hydroxylation is 1. The first-order chi connectivity index (χ1) is 27.7. The van der Waals surface area contributed by atoms with Crippen molar-refractivity contribution in [1.82, 2.24) is 14.5 Å². The van der Waals surface area contributed by atoms with Gasteiger partial charge in [0.25, 0.3) is 0 Å². The molecule has 3 nitrogen and oxygen atoms in total. The highest BCUT2D eigenvalue weighted by Crippen LogP contribution is 2.58. The third-order valence-corrected chi connectivity index (χ3v) is 11.8. The molecule has 0 aliphatic heterocycles. The minimum Gasteiger partial charge on any atom is -0.324 e. The smallest absolute Gasteiger partial charge is 0.141 e. The highest BCUT2D eigenvalue weighted by Gasteiger charge is 2.46. The number of rotatable bonds is 6. The van der Waals surface area contributed by atoms with Gasteiger partial charge >= 0.3 is 0 Å². The van der Waals surface area contributed by atoms with Gasteiger partial charge in [-0.2, -0.15) is 0 Å². The summed E-state index contributed by atoms with van der Waals surface area (Å²) in [6.45, 7) is 3.03. The second-order valence-electron chi connectivity index (χ2n) is 14.7. The highest BCUT2D eigenvalue weighted by molar-refractivity contribution is 6.19. The molecule has 8 aromatic carbocycles. The van der Waals surface area contributed by atoms with Crippen LogP contribution in [0.1, 0.15) is 29.2 Å². The Bertz CT molecular complexity index is 3080. The predicted molar refractivity (Wildman–Crippen MR) is 232 cm³/mol. The Hall–Kier alpha value is -7.10. The summed E-state index contributed by atoms with van der Waals surface area (Å²) in [6.07, 6.45) is 0. The quantitative estimate of drug-likeness (QED) is 0.161. The van der Waals surface area contributed by atoms with Crippen molar-refractivity contribution >= 4 is 32.7 Å². The van der Waals surface area contributed by atoms with Gasteiger partial charge in [-0.05, 0) is 81.8 Å². The van der Waals surface area contributed by atoms with Crippen LogP contribution in [0, 0.1) is 0 Å². The Morgan fingerprint density at radius 3 is 1.82 bits per heavy atom. The molecule has 0 atom stereocenters. The van der Waals surface area contributed by atoms with Crippen LogP contribution in [0.25, 0.3) is 77.6 Å². The first kappa shape index (κ1) is 32.3. The van der Waals surface area contributed by atoms with Crippen LogP contribution < -0.4 is 0 Å². The lowest BCUT2D eigenvalue weighted by Gasteiger charge is -2.34. The van der Waals surface area contributed by atoms with E-state index in [0.29, 0.717) is 0 Å². The van der Waals surface area contributed by atoms with Crippen LogP contribution in [-0.2, 0) is 12.0 Å². The Labute approximate surface area is 326 Å². The number of hydrogen-bond donors (Lipinski definition) is 0. The summed E-state index contributed by atoms with van der Waals surface area (Å²) in [7, 11) is 0. The van der Waals surface area contributed by atoms with Crippen molar-refractivity contribution in [3.05, 3.63) is 216 Å². The molecule has 56 heavy (non-hydrogen) atoms. The number of hydrogen-bond acceptors (Lipinski definition) is 2. The average molecular weight is 716 g/mol. The number of imidazole rings is 1. The molecular formula is C53H37N3. The minimum absolute atomic E-state index is 0.476. The van der Waals surface area contributed by atoms with E-state index >= 15 is 0 Å². The molecule has 3 heteroatoms. The zero-order chi connectivity index (χ0) is 37.2. The van der Waals surface area contributed by atoms with Crippen LogP contribution in [0.2, 0.25) is 0 Å². The zero-order valence-corrected chi connectivity index (χ0v) is 31.0. The fourth-order valence-corrected chi connectivity index (χ4v) is 9.49. The number of fused-ring (bicyclic) bond motifs is 8. The molecule has 0 N–H and O–H groups in total. The third-order valence-electron chi connectivity index (χ3n) is 11.8. The molecule has 0 amide bonds. The summed E-state index contributed by atoms with van der Waals surface area (Å²) in [4.78, 5) is 10.5. The summed E-state index contributed by atoms with van der Waals surface area (Å²) in [6, 6.07) is 70.5. The average Bonchev–Trinajstić information content (AvgIpc) is 3.81. The lowest BCUT2D eigenvalue weighted by molar-refractivity contribution is 0.769. The van der Waals surface area contributed by atoms with Gasteiger partial charge in [-0.3, -0.25) is 0 Å². The first-order valence-corrected chi connectivity index (χ1v) is 19.5. The van der Waals surface area contributed by atoms with E-state index in [0.717, 1.165) is 67.6 Å². The van der Waals surface area contributed by atoms with Crippen LogP contribution in [0.15, 0.2) is 194 Å². The zero-order valence-electron chi connectivity index (χ0n) is 31.0. The Balaban J connectivity index is 1.14. The van der Waals surface area contributed by atoms with E-state index in [1.54, 1.807) is 0 Å². The van der Waals surface area contributed by atoms with Gasteiger partial charge in [-0.15, -0.1) is 0 Å². The molecule has 0 saturated carbocycles. The van der Waals surface area contributed by atoms with Gasteiger partial charge in [-0.25, -0.2) is 9.97 Å². The third kappa shape index (κ3) is 4.71. The molecule has 10 aromatic rings. The summed E-state index contributed by atoms with van der Waals surface area (Å²) >= 11 is 0.